The van der Waals surface area contributed by atoms with Crippen molar-refractivity contribution in [3.05, 3.63) is 36.4 Å². The van der Waals surface area contributed by atoms with Gasteiger partial charge in [-0.3, -0.25) is 14.4 Å². The van der Waals surface area contributed by atoms with E-state index in [1.165, 1.54) is 36.4 Å². The minimum Gasteiger partial charge on any atom is -0.426 e. The largest absolute Gasteiger partial charge is 0.426 e. The van der Waals surface area contributed by atoms with Crippen molar-refractivity contribution in [2.24, 2.45) is 0 Å². The molecular weight excluding hydrogens is 246 g/mol. The van der Waals surface area contributed by atoms with Crippen LogP contribution in [-0.2, 0) is 14.4 Å². The summed E-state index contributed by atoms with van der Waals surface area (Å²) >= 11 is 0. The number of amides is 2. The molecule has 0 radical (unpaired) electrons. The topological polar surface area (TPSA) is 63.7 Å². The number of carbonyl (C=O) groups is 3. The fraction of sp³-hybridized carbons (Fsp3) is 0.0714. The van der Waals surface area contributed by atoms with Crippen LogP contribution in [0.1, 0.15) is 6.42 Å². The molecule has 5 nitrogen and oxygen atoms in total. The van der Waals surface area contributed by atoms with E-state index in [1.807, 2.05) is 0 Å². The van der Waals surface area contributed by atoms with Gasteiger partial charge in [0.15, 0.2) is 0 Å². The fourth-order valence-electron chi connectivity index (χ4n) is 1.57. The fourth-order valence-corrected chi connectivity index (χ4v) is 1.57. The average molecular weight is 255 g/mol. The summed E-state index contributed by atoms with van der Waals surface area (Å²) < 4.78 is 4.94. The lowest BCUT2D eigenvalue weighted by molar-refractivity contribution is -0.133. The van der Waals surface area contributed by atoms with Crippen LogP contribution in [0.25, 0.3) is 0 Å². The standard InChI is InChI=1S/C14H9NO4/c1-2-3-14(18)19-11-6-4-10(5-7-11)15-12(16)8-9-13(15)17/h1,4-9H,3H2. The van der Waals surface area contributed by atoms with Gasteiger partial charge in [0.2, 0.25) is 0 Å². The second-order valence-electron chi connectivity index (χ2n) is 3.69. The first kappa shape index (κ1) is 12.6. The van der Waals surface area contributed by atoms with Crippen LogP contribution < -0.4 is 9.64 Å². The van der Waals surface area contributed by atoms with Crippen LogP contribution in [-0.4, -0.2) is 17.8 Å². The molecule has 0 spiro atoms. The van der Waals surface area contributed by atoms with E-state index in [-0.39, 0.29) is 6.42 Å². The van der Waals surface area contributed by atoms with Gasteiger partial charge in [-0.1, -0.05) is 5.92 Å². The van der Waals surface area contributed by atoms with Crippen molar-refractivity contribution in [3.63, 3.8) is 0 Å². The number of terminal acetylenes is 1. The van der Waals surface area contributed by atoms with Crippen molar-refractivity contribution in [3.8, 4) is 18.1 Å². The number of ether oxygens (including phenoxy) is 1. The molecule has 1 heterocycles. The van der Waals surface area contributed by atoms with Gasteiger partial charge in [0, 0.05) is 12.2 Å². The highest BCUT2D eigenvalue weighted by atomic mass is 16.5. The van der Waals surface area contributed by atoms with Crippen LogP contribution in [0.4, 0.5) is 5.69 Å². The minimum atomic E-state index is -0.537. The van der Waals surface area contributed by atoms with Gasteiger partial charge in [-0.05, 0) is 24.3 Å². The van der Waals surface area contributed by atoms with E-state index in [0.29, 0.717) is 11.4 Å². The molecule has 0 bridgehead atoms. The Balaban J connectivity index is 2.11. The van der Waals surface area contributed by atoms with Gasteiger partial charge < -0.3 is 4.74 Å². The lowest BCUT2D eigenvalue weighted by atomic mass is 10.2. The van der Waals surface area contributed by atoms with Gasteiger partial charge in [-0.25, -0.2) is 4.90 Å². The zero-order valence-corrected chi connectivity index (χ0v) is 9.83. The van der Waals surface area contributed by atoms with Crippen molar-refractivity contribution in [2.75, 3.05) is 4.90 Å². The number of nitrogens with zero attached hydrogens (tertiary/aromatic N) is 1. The molecule has 0 atom stereocenters. The maximum absolute atomic E-state index is 11.4. The number of benzene rings is 1. The molecule has 0 aromatic heterocycles. The number of hydrogen-bond acceptors (Lipinski definition) is 4. The Morgan fingerprint density at radius 2 is 1.74 bits per heavy atom. The van der Waals surface area contributed by atoms with Crippen LogP contribution in [0.5, 0.6) is 5.75 Å². The molecular formula is C14H9NO4. The molecule has 1 aromatic rings. The Labute approximate surface area is 109 Å². The second-order valence-corrected chi connectivity index (χ2v) is 3.69. The molecule has 0 aliphatic carbocycles. The molecule has 2 amide bonds. The maximum Gasteiger partial charge on any atom is 0.323 e. The molecule has 0 N–H and O–H groups in total. The van der Waals surface area contributed by atoms with E-state index < -0.39 is 17.8 Å². The maximum atomic E-state index is 11.4. The van der Waals surface area contributed by atoms with Crippen LogP contribution in [0, 0.1) is 12.3 Å². The first-order valence-corrected chi connectivity index (χ1v) is 5.42. The molecule has 1 aliphatic rings. The van der Waals surface area contributed by atoms with Crippen LogP contribution in [0.15, 0.2) is 36.4 Å². The monoisotopic (exact) mass is 255 g/mol. The first-order chi connectivity index (χ1) is 9.11. The smallest absolute Gasteiger partial charge is 0.323 e. The molecule has 19 heavy (non-hydrogen) atoms. The Kier molecular flexibility index (Phi) is 3.44. The molecule has 2 rings (SSSR count). The number of esters is 1. The van der Waals surface area contributed by atoms with Crippen LogP contribution >= 0.6 is 0 Å². The number of carbonyl (C=O) groups excluding carboxylic acids is 3. The summed E-state index contributed by atoms with van der Waals surface area (Å²) in [7, 11) is 0. The number of hydrogen-bond donors (Lipinski definition) is 0. The molecule has 0 unspecified atom stereocenters. The van der Waals surface area contributed by atoms with Gasteiger partial charge in [0.05, 0.1) is 5.69 Å². The third kappa shape index (κ3) is 2.69. The highest BCUT2D eigenvalue weighted by Gasteiger charge is 2.24. The van der Waals surface area contributed by atoms with Crippen molar-refractivity contribution >= 4 is 23.5 Å². The lowest BCUT2D eigenvalue weighted by Gasteiger charge is -2.13. The van der Waals surface area contributed by atoms with E-state index in [0.717, 1.165) is 4.90 Å². The van der Waals surface area contributed by atoms with Crippen molar-refractivity contribution in [1.82, 2.24) is 0 Å². The molecule has 0 saturated carbocycles. The van der Waals surface area contributed by atoms with E-state index >= 15 is 0 Å². The van der Waals surface area contributed by atoms with Crippen LogP contribution in [0.3, 0.4) is 0 Å². The molecule has 0 fully saturated rings. The zero-order valence-electron chi connectivity index (χ0n) is 9.83. The van der Waals surface area contributed by atoms with E-state index in [1.54, 1.807) is 0 Å². The summed E-state index contributed by atoms with van der Waals surface area (Å²) in [6, 6.07) is 6.01. The van der Waals surface area contributed by atoms with E-state index in [9.17, 15) is 14.4 Å². The summed E-state index contributed by atoms with van der Waals surface area (Å²) in [6.45, 7) is 0. The first-order valence-electron chi connectivity index (χ1n) is 5.42. The van der Waals surface area contributed by atoms with Gasteiger partial charge in [0.1, 0.15) is 12.2 Å². The molecule has 5 heteroatoms. The van der Waals surface area contributed by atoms with Crippen molar-refractivity contribution in [2.45, 2.75) is 6.42 Å². The number of imide groups is 1. The van der Waals surface area contributed by atoms with Crippen LogP contribution in [0.2, 0.25) is 0 Å². The Hall–Kier alpha value is -2.87. The Morgan fingerprint density at radius 1 is 1.16 bits per heavy atom. The van der Waals surface area contributed by atoms with Gasteiger partial charge in [-0.2, -0.15) is 0 Å². The second kappa shape index (κ2) is 5.19. The molecule has 1 aromatic carbocycles. The highest BCUT2D eigenvalue weighted by Crippen LogP contribution is 2.22. The molecule has 1 aliphatic heterocycles. The summed E-state index contributed by atoms with van der Waals surface area (Å²) in [6.07, 6.45) is 7.26. The number of rotatable bonds is 3. The van der Waals surface area contributed by atoms with Crippen molar-refractivity contribution in [1.29, 1.82) is 0 Å². The quantitative estimate of drug-likeness (QED) is 0.350. The predicted octanol–water partition coefficient (Wildman–Crippen LogP) is 1.04. The van der Waals surface area contributed by atoms with Gasteiger partial charge in [-0.15, -0.1) is 6.42 Å². The summed E-state index contributed by atoms with van der Waals surface area (Å²) in [4.78, 5) is 35.1. The SMILES string of the molecule is C#CCC(=O)Oc1ccc(N2C(=O)C=CC2=O)cc1. The Morgan fingerprint density at radius 3 is 2.26 bits per heavy atom. The average Bonchev–Trinajstić information content (AvgIpc) is 2.71. The Bertz CT molecular complexity index is 589. The van der Waals surface area contributed by atoms with Gasteiger partial charge >= 0.3 is 5.97 Å². The zero-order chi connectivity index (χ0) is 13.8. The highest BCUT2D eigenvalue weighted by molar-refractivity contribution is 6.28. The molecule has 94 valence electrons. The van der Waals surface area contributed by atoms with Gasteiger partial charge in [0.25, 0.3) is 11.8 Å². The normalized spacial score (nSPS) is 13.5. The summed E-state index contributed by atoms with van der Waals surface area (Å²) in [5.74, 6) is 1.14. The minimum absolute atomic E-state index is 0.116. The summed E-state index contributed by atoms with van der Waals surface area (Å²) in [5, 5.41) is 0. The third-order valence-corrected chi connectivity index (χ3v) is 2.38. The third-order valence-electron chi connectivity index (χ3n) is 2.38. The van der Waals surface area contributed by atoms with E-state index in [2.05, 4.69) is 5.92 Å². The predicted molar refractivity (Wildman–Crippen MR) is 67.2 cm³/mol. The lowest BCUT2D eigenvalue weighted by Crippen LogP contribution is -2.29. The summed E-state index contributed by atoms with van der Waals surface area (Å²) in [5.41, 5.74) is 0.414. The van der Waals surface area contributed by atoms with E-state index in [4.69, 9.17) is 11.2 Å². The number of anilines is 1. The molecule has 0 saturated heterocycles. The van der Waals surface area contributed by atoms with Crippen molar-refractivity contribution < 1.29 is 19.1 Å².